The number of halogens is 3. The van der Waals surface area contributed by atoms with Crippen molar-refractivity contribution < 1.29 is 22.9 Å². The van der Waals surface area contributed by atoms with Crippen molar-refractivity contribution in [2.45, 2.75) is 17.6 Å². The van der Waals surface area contributed by atoms with Crippen LogP contribution in [0.1, 0.15) is 11.4 Å². The molecular weight excluding hydrogens is 421 g/mol. The maximum Gasteiger partial charge on any atom is 0.451 e. The Labute approximate surface area is 172 Å². The summed E-state index contributed by atoms with van der Waals surface area (Å²) in [6, 6.07) is 10.6. The van der Waals surface area contributed by atoms with Crippen molar-refractivity contribution in [2.24, 2.45) is 0 Å². The Morgan fingerprint density at radius 2 is 1.97 bits per heavy atom. The van der Waals surface area contributed by atoms with Crippen LogP contribution >= 0.6 is 11.8 Å². The lowest BCUT2D eigenvalue weighted by molar-refractivity contribution is -0.384. The van der Waals surface area contributed by atoms with Gasteiger partial charge in [-0.05, 0) is 24.1 Å². The molecule has 154 valence electrons. The zero-order valence-electron chi connectivity index (χ0n) is 15.2. The van der Waals surface area contributed by atoms with Gasteiger partial charge in [0.15, 0.2) is 0 Å². The fraction of sp³-hybridized carbons (Fsp3) is 0.211. The number of nitro benzene ring substituents is 1. The number of nitro groups is 1. The molecule has 11 heteroatoms. The molecular formula is C19H13F3N4O3S. The summed E-state index contributed by atoms with van der Waals surface area (Å²) in [5.41, 5.74) is 1.36. The number of nitrogens with zero attached hydrogens (tertiary/aromatic N) is 4. The first-order chi connectivity index (χ1) is 14.2. The number of non-ortho nitro benzene ring substituents is 1. The minimum atomic E-state index is -4.70. The number of aromatic nitrogens is 2. The number of rotatable bonds is 4. The van der Waals surface area contributed by atoms with E-state index in [4.69, 9.17) is 0 Å². The highest BCUT2D eigenvalue weighted by atomic mass is 32.2. The molecule has 4 rings (SSSR count). The highest BCUT2D eigenvalue weighted by molar-refractivity contribution is 8.00. The van der Waals surface area contributed by atoms with E-state index in [1.807, 2.05) is 0 Å². The smallest absolute Gasteiger partial charge is 0.311 e. The number of para-hydroxylation sites is 1. The molecule has 0 radical (unpaired) electrons. The van der Waals surface area contributed by atoms with Gasteiger partial charge in [0.1, 0.15) is 5.03 Å². The molecule has 0 aliphatic carbocycles. The maximum atomic E-state index is 13.1. The van der Waals surface area contributed by atoms with Gasteiger partial charge in [-0.1, -0.05) is 30.0 Å². The summed E-state index contributed by atoms with van der Waals surface area (Å²) in [6.45, 7) is 0.355. The predicted octanol–water partition coefficient (Wildman–Crippen LogP) is 4.24. The second-order valence-corrected chi connectivity index (χ2v) is 7.49. The van der Waals surface area contributed by atoms with E-state index in [1.165, 1.54) is 29.2 Å². The Bertz CT molecular complexity index is 1170. The molecule has 0 bridgehead atoms. The van der Waals surface area contributed by atoms with Crippen LogP contribution in [-0.4, -0.2) is 33.1 Å². The topological polar surface area (TPSA) is 89.2 Å². The van der Waals surface area contributed by atoms with Gasteiger partial charge in [-0.25, -0.2) is 9.97 Å². The third-order valence-electron chi connectivity index (χ3n) is 4.62. The van der Waals surface area contributed by atoms with Gasteiger partial charge in [-0.15, -0.1) is 0 Å². The van der Waals surface area contributed by atoms with Gasteiger partial charge >= 0.3 is 6.18 Å². The number of benzene rings is 2. The van der Waals surface area contributed by atoms with Gasteiger partial charge in [0, 0.05) is 29.8 Å². The molecule has 7 nitrogen and oxygen atoms in total. The number of thioether (sulfide) groups is 1. The number of anilines is 1. The zero-order chi connectivity index (χ0) is 21.5. The van der Waals surface area contributed by atoms with Gasteiger partial charge in [0.05, 0.1) is 16.2 Å². The summed E-state index contributed by atoms with van der Waals surface area (Å²) in [5, 5.41) is 11.4. The Kier molecular flexibility index (Phi) is 5.06. The highest BCUT2D eigenvalue weighted by Gasteiger charge is 2.35. The molecule has 0 N–H and O–H groups in total. The molecule has 0 unspecified atom stereocenters. The van der Waals surface area contributed by atoms with Gasteiger partial charge < -0.3 is 4.90 Å². The summed E-state index contributed by atoms with van der Waals surface area (Å²) in [4.78, 5) is 31.8. The minimum absolute atomic E-state index is 0.0513. The molecule has 2 heterocycles. The van der Waals surface area contributed by atoms with E-state index in [-0.39, 0.29) is 27.9 Å². The van der Waals surface area contributed by atoms with Crippen molar-refractivity contribution in [1.82, 2.24) is 9.97 Å². The van der Waals surface area contributed by atoms with Gasteiger partial charge in [-0.3, -0.25) is 14.9 Å². The second-order valence-electron chi connectivity index (χ2n) is 6.52. The lowest BCUT2D eigenvalue weighted by atomic mass is 10.1. The summed E-state index contributed by atoms with van der Waals surface area (Å²) in [7, 11) is 0. The van der Waals surface area contributed by atoms with Crippen molar-refractivity contribution in [3.05, 3.63) is 64.0 Å². The lowest BCUT2D eigenvalue weighted by Gasteiger charge is -2.17. The first kappa shape index (κ1) is 20.1. The number of hydrogen-bond donors (Lipinski definition) is 0. The van der Waals surface area contributed by atoms with Crippen LogP contribution in [0.5, 0.6) is 0 Å². The summed E-state index contributed by atoms with van der Waals surface area (Å²) >= 11 is 0.907. The molecule has 1 aromatic heterocycles. The largest absolute Gasteiger partial charge is 0.451 e. The Morgan fingerprint density at radius 3 is 2.70 bits per heavy atom. The summed E-state index contributed by atoms with van der Waals surface area (Å²) < 4.78 is 39.4. The standard InChI is InChI=1S/C19H13F3N4O3S/c20-19(21,22)18-23-14-4-2-1-3-13(14)17(24-18)30-10-16(27)25-8-7-11-9-12(26(28)29)5-6-15(11)25/h1-6,9H,7-8,10H2. The van der Waals surface area contributed by atoms with E-state index in [0.29, 0.717) is 29.6 Å². The number of fused-ring (bicyclic) bond motifs is 2. The molecule has 30 heavy (non-hydrogen) atoms. The molecule has 0 atom stereocenters. The molecule has 0 fully saturated rings. The molecule has 1 aliphatic heterocycles. The fourth-order valence-corrected chi connectivity index (χ4v) is 4.15. The van der Waals surface area contributed by atoms with Crippen LogP contribution in [0.15, 0.2) is 47.5 Å². The fourth-order valence-electron chi connectivity index (χ4n) is 3.25. The van der Waals surface area contributed by atoms with E-state index in [9.17, 15) is 28.1 Å². The van der Waals surface area contributed by atoms with E-state index in [1.54, 1.807) is 18.2 Å². The number of carbonyl (C=O) groups excluding carboxylic acids is 1. The van der Waals surface area contributed by atoms with Crippen LogP contribution in [-0.2, 0) is 17.4 Å². The van der Waals surface area contributed by atoms with Gasteiger partial charge in [-0.2, -0.15) is 13.2 Å². The molecule has 0 saturated heterocycles. The van der Waals surface area contributed by atoms with Crippen molar-refractivity contribution in [2.75, 3.05) is 17.2 Å². The van der Waals surface area contributed by atoms with Crippen LogP contribution in [0.4, 0.5) is 24.5 Å². The average Bonchev–Trinajstić information content (AvgIpc) is 3.14. The summed E-state index contributed by atoms with van der Waals surface area (Å²) in [6.07, 6.45) is -4.23. The highest BCUT2D eigenvalue weighted by Crippen LogP contribution is 2.34. The maximum absolute atomic E-state index is 13.1. The Hall–Kier alpha value is -3.21. The number of hydrogen-bond acceptors (Lipinski definition) is 6. The van der Waals surface area contributed by atoms with Crippen molar-refractivity contribution in [1.29, 1.82) is 0 Å². The number of alkyl halides is 3. The van der Waals surface area contributed by atoms with E-state index in [0.717, 1.165) is 11.8 Å². The van der Waals surface area contributed by atoms with E-state index < -0.39 is 16.9 Å². The minimum Gasteiger partial charge on any atom is -0.311 e. The third-order valence-corrected chi connectivity index (χ3v) is 5.60. The quantitative estimate of drug-likeness (QED) is 0.264. The first-order valence-corrected chi connectivity index (χ1v) is 9.77. The number of amides is 1. The molecule has 1 aliphatic rings. The molecule has 0 saturated carbocycles. The van der Waals surface area contributed by atoms with Crippen LogP contribution in [0.3, 0.4) is 0 Å². The molecule has 2 aromatic carbocycles. The van der Waals surface area contributed by atoms with Crippen molar-refractivity contribution >= 4 is 39.9 Å². The average molecular weight is 434 g/mol. The second kappa shape index (κ2) is 7.56. The van der Waals surface area contributed by atoms with Crippen molar-refractivity contribution in [3.8, 4) is 0 Å². The number of carbonyl (C=O) groups is 1. The normalized spacial score (nSPS) is 13.5. The monoisotopic (exact) mass is 434 g/mol. The summed E-state index contributed by atoms with van der Waals surface area (Å²) in [5.74, 6) is -1.70. The van der Waals surface area contributed by atoms with Gasteiger partial charge in [0.25, 0.3) is 5.69 Å². The SMILES string of the molecule is O=C(CSc1nc(C(F)(F)F)nc2ccccc12)N1CCc2cc([N+](=O)[O-])ccc21. The zero-order valence-corrected chi connectivity index (χ0v) is 16.0. The van der Waals surface area contributed by atoms with Crippen LogP contribution in [0.25, 0.3) is 10.9 Å². The predicted molar refractivity (Wildman–Crippen MR) is 104 cm³/mol. The Morgan fingerprint density at radius 1 is 1.20 bits per heavy atom. The molecule has 3 aromatic rings. The van der Waals surface area contributed by atoms with Crippen molar-refractivity contribution in [3.63, 3.8) is 0 Å². The molecule has 1 amide bonds. The molecule has 0 spiro atoms. The van der Waals surface area contributed by atoms with Gasteiger partial charge in [0.2, 0.25) is 11.7 Å². The Balaban J connectivity index is 1.57. The van der Waals surface area contributed by atoms with E-state index in [2.05, 4.69) is 9.97 Å². The van der Waals surface area contributed by atoms with Crippen LogP contribution in [0, 0.1) is 10.1 Å². The van der Waals surface area contributed by atoms with Crippen LogP contribution < -0.4 is 4.90 Å². The lowest BCUT2D eigenvalue weighted by Crippen LogP contribution is -2.30. The first-order valence-electron chi connectivity index (χ1n) is 8.78. The third kappa shape index (κ3) is 3.80. The van der Waals surface area contributed by atoms with E-state index >= 15 is 0 Å². The van der Waals surface area contributed by atoms with Crippen LogP contribution in [0.2, 0.25) is 0 Å².